The summed E-state index contributed by atoms with van der Waals surface area (Å²) in [7, 11) is 0. The van der Waals surface area contributed by atoms with Gasteiger partial charge in [0.25, 0.3) is 0 Å². The predicted molar refractivity (Wildman–Crippen MR) is 60.6 cm³/mol. The molecule has 4 heteroatoms. The van der Waals surface area contributed by atoms with Gasteiger partial charge in [-0.25, -0.2) is 0 Å². The van der Waals surface area contributed by atoms with E-state index in [-0.39, 0.29) is 5.88 Å². The van der Waals surface area contributed by atoms with Crippen LogP contribution in [-0.4, -0.2) is 29.8 Å². The van der Waals surface area contributed by atoms with E-state index in [0.29, 0.717) is 11.6 Å². The van der Waals surface area contributed by atoms with Crippen molar-refractivity contribution in [1.82, 2.24) is 0 Å². The lowest BCUT2D eigenvalue weighted by Crippen LogP contribution is -2.12. The lowest BCUT2D eigenvalue weighted by Gasteiger charge is -2.00. The smallest absolute Gasteiger partial charge is 0.0870 e. The first-order valence-electron chi connectivity index (χ1n) is 4.22. The van der Waals surface area contributed by atoms with Gasteiger partial charge in [0, 0.05) is 11.2 Å². The van der Waals surface area contributed by atoms with Crippen LogP contribution in [0.4, 0.5) is 0 Å². The molecule has 14 heavy (non-hydrogen) atoms. The first-order chi connectivity index (χ1) is 6.72. The van der Waals surface area contributed by atoms with Crippen molar-refractivity contribution in [2.45, 2.75) is 6.10 Å². The van der Waals surface area contributed by atoms with Gasteiger partial charge in [-0.2, -0.15) is 0 Å². The van der Waals surface area contributed by atoms with Crippen LogP contribution in [0, 0.1) is 0 Å². The molecular weight excluding hydrogens is 221 g/mol. The van der Waals surface area contributed by atoms with Crippen molar-refractivity contribution in [3.63, 3.8) is 0 Å². The largest absolute Gasteiger partial charge is 0.390 e. The molecule has 2 nitrogen and oxygen atoms in total. The van der Waals surface area contributed by atoms with E-state index < -0.39 is 6.10 Å². The van der Waals surface area contributed by atoms with E-state index in [4.69, 9.17) is 28.3 Å². The normalized spacial score (nSPS) is 13.4. The third kappa shape index (κ3) is 4.09. The third-order valence-electron chi connectivity index (χ3n) is 1.60. The Morgan fingerprint density at radius 1 is 1.36 bits per heavy atom. The van der Waals surface area contributed by atoms with E-state index in [0.717, 1.165) is 5.56 Å². The Bertz CT molecular complexity index is 297. The number of hydrogen-bond acceptors (Lipinski definition) is 2. The Kier molecular flexibility index (Phi) is 4.94. The molecule has 0 bridgehead atoms. The van der Waals surface area contributed by atoms with Gasteiger partial charge in [-0.05, 0) is 17.7 Å². The van der Waals surface area contributed by atoms with Crippen LogP contribution in [-0.2, 0) is 0 Å². The number of rotatable bonds is 4. The van der Waals surface area contributed by atoms with Crippen molar-refractivity contribution in [2.24, 2.45) is 4.99 Å². The third-order valence-corrected chi connectivity index (χ3v) is 2.21. The number of aliphatic hydroxyl groups is 1. The number of nitrogens with zero attached hydrogens (tertiary/aromatic N) is 1. The lowest BCUT2D eigenvalue weighted by atomic mass is 10.2. The minimum absolute atomic E-state index is 0.206. The summed E-state index contributed by atoms with van der Waals surface area (Å²) >= 11 is 11.1. The molecule has 1 N–H and O–H groups in total. The topological polar surface area (TPSA) is 32.6 Å². The number of benzene rings is 1. The summed E-state index contributed by atoms with van der Waals surface area (Å²) in [4.78, 5) is 4.04. The van der Waals surface area contributed by atoms with Crippen molar-refractivity contribution in [3.05, 3.63) is 34.9 Å². The van der Waals surface area contributed by atoms with Gasteiger partial charge in [-0.3, -0.25) is 4.99 Å². The maximum Gasteiger partial charge on any atom is 0.0870 e. The Balaban J connectivity index is 2.48. The molecule has 0 aliphatic carbocycles. The van der Waals surface area contributed by atoms with Crippen LogP contribution in [0.5, 0.6) is 0 Å². The molecule has 0 aliphatic heterocycles. The Morgan fingerprint density at radius 3 is 2.57 bits per heavy atom. The molecule has 0 saturated heterocycles. The molecule has 1 rings (SSSR count). The van der Waals surface area contributed by atoms with Gasteiger partial charge < -0.3 is 5.11 Å². The summed E-state index contributed by atoms with van der Waals surface area (Å²) in [5.74, 6) is 0.206. The monoisotopic (exact) mass is 231 g/mol. The highest BCUT2D eigenvalue weighted by molar-refractivity contribution is 6.30. The van der Waals surface area contributed by atoms with Crippen LogP contribution < -0.4 is 0 Å². The fraction of sp³-hybridized carbons (Fsp3) is 0.300. The van der Waals surface area contributed by atoms with Crippen molar-refractivity contribution in [3.8, 4) is 0 Å². The van der Waals surface area contributed by atoms with E-state index in [1.165, 1.54) is 0 Å². The fourth-order valence-corrected chi connectivity index (χ4v) is 1.10. The minimum atomic E-state index is -0.569. The summed E-state index contributed by atoms with van der Waals surface area (Å²) in [6.07, 6.45) is 1.12. The van der Waals surface area contributed by atoms with Crippen molar-refractivity contribution in [2.75, 3.05) is 12.4 Å². The second-order valence-electron chi connectivity index (χ2n) is 2.85. The van der Waals surface area contributed by atoms with E-state index in [1.54, 1.807) is 18.3 Å². The number of aliphatic imine (C=N–C) groups is 1. The van der Waals surface area contributed by atoms with Crippen LogP contribution in [0.15, 0.2) is 29.3 Å². The van der Waals surface area contributed by atoms with Crippen LogP contribution in [0.2, 0.25) is 5.02 Å². The van der Waals surface area contributed by atoms with E-state index >= 15 is 0 Å². The summed E-state index contributed by atoms with van der Waals surface area (Å²) in [5, 5.41) is 9.81. The summed E-state index contributed by atoms with van der Waals surface area (Å²) in [6, 6.07) is 7.31. The molecule has 0 aromatic heterocycles. The molecule has 76 valence electrons. The van der Waals surface area contributed by atoms with Gasteiger partial charge in [0.05, 0.1) is 18.5 Å². The van der Waals surface area contributed by atoms with E-state index in [2.05, 4.69) is 4.99 Å². The molecule has 1 atom stereocenters. The first-order valence-corrected chi connectivity index (χ1v) is 5.13. The lowest BCUT2D eigenvalue weighted by molar-refractivity contribution is 0.207. The summed E-state index contributed by atoms with van der Waals surface area (Å²) in [6.45, 7) is 0.326. The highest BCUT2D eigenvalue weighted by atomic mass is 35.5. The standard InChI is InChI=1S/C10H11Cl2NO/c11-5-10(14)7-13-6-8-1-3-9(12)4-2-8/h1-4,6,10,14H,5,7H2/t10-/m1/s1. The van der Waals surface area contributed by atoms with Crippen LogP contribution in [0.1, 0.15) is 5.56 Å². The summed E-state index contributed by atoms with van der Waals surface area (Å²) < 4.78 is 0. The van der Waals surface area contributed by atoms with Crippen LogP contribution in [0.25, 0.3) is 0 Å². The average Bonchev–Trinajstić information content (AvgIpc) is 2.21. The highest BCUT2D eigenvalue weighted by Crippen LogP contribution is 2.07. The fourth-order valence-electron chi connectivity index (χ4n) is 0.877. The minimum Gasteiger partial charge on any atom is -0.390 e. The molecule has 0 radical (unpaired) electrons. The number of aliphatic hydroxyl groups excluding tert-OH is 1. The first kappa shape index (κ1) is 11.5. The Hall–Kier alpha value is -0.570. The molecule has 0 saturated carbocycles. The maximum absolute atomic E-state index is 9.11. The van der Waals surface area contributed by atoms with Crippen molar-refractivity contribution in [1.29, 1.82) is 0 Å². The van der Waals surface area contributed by atoms with E-state index in [9.17, 15) is 0 Å². The molecule has 0 unspecified atom stereocenters. The molecule has 1 aromatic rings. The van der Waals surface area contributed by atoms with Gasteiger partial charge in [0.15, 0.2) is 0 Å². The number of halogens is 2. The number of alkyl halides is 1. The molecule has 1 aromatic carbocycles. The molecular formula is C10H11Cl2NO. The maximum atomic E-state index is 9.11. The van der Waals surface area contributed by atoms with Gasteiger partial charge >= 0.3 is 0 Å². The molecule has 0 fully saturated rings. The highest BCUT2D eigenvalue weighted by Gasteiger charge is 1.97. The van der Waals surface area contributed by atoms with Crippen molar-refractivity contribution >= 4 is 29.4 Å². The SMILES string of the molecule is O[C@H](CCl)CN=Cc1ccc(Cl)cc1. The Labute approximate surface area is 93.2 Å². The van der Waals surface area contributed by atoms with Crippen LogP contribution >= 0.6 is 23.2 Å². The van der Waals surface area contributed by atoms with Gasteiger partial charge in [-0.1, -0.05) is 23.7 Å². The zero-order chi connectivity index (χ0) is 10.4. The zero-order valence-corrected chi connectivity index (χ0v) is 9.04. The number of hydrogen-bond donors (Lipinski definition) is 1. The average molecular weight is 232 g/mol. The van der Waals surface area contributed by atoms with Gasteiger partial charge in [0.2, 0.25) is 0 Å². The zero-order valence-electron chi connectivity index (χ0n) is 7.53. The second kappa shape index (κ2) is 6.02. The predicted octanol–water partition coefficient (Wildman–Crippen LogP) is 2.36. The van der Waals surface area contributed by atoms with Crippen molar-refractivity contribution < 1.29 is 5.11 Å². The molecule has 0 aliphatic rings. The quantitative estimate of drug-likeness (QED) is 0.627. The molecule has 0 spiro atoms. The Morgan fingerprint density at radius 2 is 2.00 bits per heavy atom. The van der Waals surface area contributed by atoms with Crippen LogP contribution in [0.3, 0.4) is 0 Å². The van der Waals surface area contributed by atoms with Gasteiger partial charge in [-0.15, -0.1) is 11.6 Å². The second-order valence-corrected chi connectivity index (χ2v) is 3.60. The van der Waals surface area contributed by atoms with E-state index in [1.807, 2.05) is 12.1 Å². The molecule has 0 heterocycles. The summed E-state index contributed by atoms with van der Waals surface area (Å²) in [5.41, 5.74) is 0.955. The molecule has 0 amide bonds. The van der Waals surface area contributed by atoms with Gasteiger partial charge in [0.1, 0.15) is 0 Å².